The summed E-state index contributed by atoms with van der Waals surface area (Å²) in [7, 11) is 1.66. The third kappa shape index (κ3) is 4.98. The van der Waals surface area contributed by atoms with Crippen LogP contribution in [0, 0.1) is 5.82 Å². The highest BCUT2D eigenvalue weighted by Crippen LogP contribution is 2.58. The molecule has 1 saturated heterocycles. The van der Waals surface area contributed by atoms with Crippen molar-refractivity contribution < 1.29 is 28.4 Å². The summed E-state index contributed by atoms with van der Waals surface area (Å²) in [5.74, 6) is 1.98. The first-order chi connectivity index (χ1) is 23.7. The summed E-state index contributed by atoms with van der Waals surface area (Å²) >= 11 is 0. The van der Waals surface area contributed by atoms with Crippen molar-refractivity contribution in [1.82, 2.24) is 0 Å². The summed E-state index contributed by atoms with van der Waals surface area (Å²) in [6.45, 7) is 8.86. The molecule has 0 saturated carbocycles. The molecule has 0 radical (unpaired) electrons. The van der Waals surface area contributed by atoms with E-state index < -0.39 is 11.0 Å². The first kappa shape index (κ1) is 31.4. The van der Waals surface area contributed by atoms with Crippen LogP contribution in [0.5, 0.6) is 17.2 Å². The smallest absolute Gasteiger partial charge is 0.178 e. The normalized spacial score (nSPS) is 20.4. The van der Waals surface area contributed by atoms with Gasteiger partial charge >= 0.3 is 0 Å². The molecule has 2 unspecified atom stereocenters. The Kier molecular flexibility index (Phi) is 7.65. The zero-order chi connectivity index (χ0) is 33.9. The molecule has 0 spiro atoms. The predicted molar refractivity (Wildman–Crippen MR) is 192 cm³/mol. The van der Waals surface area contributed by atoms with E-state index in [1.807, 2.05) is 54.6 Å². The van der Waals surface area contributed by atoms with Gasteiger partial charge in [0.1, 0.15) is 29.7 Å². The Bertz CT molecular complexity index is 2090. The number of anilines is 1. The topological polar surface area (TPSA) is 60.4 Å². The number of nitrogens with zero attached hydrogens (tertiary/aromatic N) is 1. The Labute approximate surface area is 286 Å². The number of benzene rings is 5. The molecule has 49 heavy (non-hydrogen) atoms. The maximum atomic E-state index is 14.8. The Balaban J connectivity index is 1.39. The van der Waals surface area contributed by atoms with Crippen molar-refractivity contribution in [3.05, 3.63) is 125 Å². The number of aliphatic hydroxyl groups excluding tert-OH is 1. The standard InChI is InChI=1S/C42H40FNO5/c1-26-25-47-21-19-44(26)30-10-16-33-36(24-30)40-35(39-38(33)34-15-9-29(43)23-37(34)41(39,2)3)17-18-42(49-40,27-5-11-31(46-4)12-6-27)28-7-13-32(14-8-28)48-22-20-45/h5-18,23-24,26,45H,19-22,25H2,1-4H3. The molecule has 1 aliphatic carbocycles. The first-order valence-electron chi connectivity index (χ1n) is 16.9. The largest absolute Gasteiger partial charge is 0.497 e. The van der Waals surface area contributed by atoms with Gasteiger partial charge < -0.3 is 29.0 Å². The average molecular weight is 658 g/mol. The van der Waals surface area contributed by atoms with Gasteiger partial charge in [-0.05, 0) is 89.2 Å². The van der Waals surface area contributed by atoms with Crippen molar-refractivity contribution in [2.24, 2.45) is 0 Å². The zero-order valence-electron chi connectivity index (χ0n) is 28.3. The van der Waals surface area contributed by atoms with Gasteiger partial charge in [0.25, 0.3) is 0 Å². The van der Waals surface area contributed by atoms with Crippen LogP contribution in [0.2, 0.25) is 0 Å². The maximum Gasteiger partial charge on any atom is 0.178 e. The van der Waals surface area contributed by atoms with Gasteiger partial charge in [-0.1, -0.05) is 56.3 Å². The van der Waals surface area contributed by atoms with E-state index >= 15 is 0 Å². The molecule has 2 atom stereocenters. The monoisotopic (exact) mass is 657 g/mol. The van der Waals surface area contributed by atoms with E-state index in [9.17, 15) is 9.50 Å². The third-order valence-corrected chi connectivity index (χ3v) is 10.4. The molecule has 0 amide bonds. The van der Waals surface area contributed by atoms with Gasteiger partial charge in [0.2, 0.25) is 0 Å². The van der Waals surface area contributed by atoms with Crippen LogP contribution in [0.3, 0.4) is 0 Å². The fourth-order valence-corrected chi connectivity index (χ4v) is 8.01. The summed E-state index contributed by atoms with van der Waals surface area (Å²) < 4.78 is 39.3. The van der Waals surface area contributed by atoms with Crippen LogP contribution < -0.4 is 19.1 Å². The first-order valence-corrected chi connectivity index (χ1v) is 16.9. The molecule has 1 fully saturated rings. The number of hydrogen-bond donors (Lipinski definition) is 1. The number of rotatable bonds is 7. The highest BCUT2D eigenvalue weighted by atomic mass is 19.1. The lowest BCUT2D eigenvalue weighted by Gasteiger charge is -2.39. The number of ether oxygens (including phenoxy) is 4. The Morgan fingerprint density at radius 1 is 0.918 bits per heavy atom. The van der Waals surface area contributed by atoms with Crippen molar-refractivity contribution >= 4 is 22.5 Å². The lowest BCUT2D eigenvalue weighted by Crippen LogP contribution is -2.43. The molecule has 6 nitrogen and oxygen atoms in total. The fraction of sp³-hybridized carbons (Fsp3) is 0.286. The van der Waals surface area contributed by atoms with Gasteiger partial charge in [-0.15, -0.1) is 0 Å². The number of methoxy groups -OCH3 is 1. The lowest BCUT2D eigenvalue weighted by atomic mass is 9.76. The van der Waals surface area contributed by atoms with E-state index in [1.165, 1.54) is 0 Å². The van der Waals surface area contributed by atoms with E-state index in [0.29, 0.717) is 19.0 Å². The minimum Gasteiger partial charge on any atom is -0.497 e. The molecule has 0 aromatic heterocycles. The SMILES string of the molecule is COc1ccc(C2(c3ccc(OCCO)cc3)C=Cc3c4c(c5ccc(N6CCOCC6C)cc5c3O2)-c2ccc(F)cc2C4(C)C)cc1. The van der Waals surface area contributed by atoms with Crippen LogP contribution in [-0.2, 0) is 15.8 Å². The molecule has 3 aliphatic rings. The minimum absolute atomic E-state index is 0.0599. The second-order valence-corrected chi connectivity index (χ2v) is 13.7. The molecule has 8 rings (SSSR count). The van der Waals surface area contributed by atoms with Crippen LogP contribution in [0.15, 0.2) is 91.0 Å². The maximum absolute atomic E-state index is 14.8. The van der Waals surface area contributed by atoms with E-state index in [1.54, 1.807) is 19.2 Å². The van der Waals surface area contributed by atoms with Crippen molar-refractivity contribution in [3.8, 4) is 28.4 Å². The number of halogens is 1. The Hall–Kier alpha value is -4.85. The van der Waals surface area contributed by atoms with Crippen LogP contribution in [-0.4, -0.2) is 51.2 Å². The summed E-state index contributed by atoms with van der Waals surface area (Å²) in [4.78, 5) is 2.40. The second-order valence-electron chi connectivity index (χ2n) is 13.7. The molecule has 0 bridgehead atoms. The second kappa shape index (κ2) is 11.9. The number of aliphatic hydroxyl groups is 1. The molecule has 1 N–H and O–H groups in total. The predicted octanol–water partition coefficient (Wildman–Crippen LogP) is 8.24. The lowest BCUT2D eigenvalue weighted by molar-refractivity contribution is 0.0989. The van der Waals surface area contributed by atoms with Gasteiger partial charge in [0, 0.05) is 45.8 Å². The minimum atomic E-state index is -0.986. The zero-order valence-corrected chi connectivity index (χ0v) is 28.3. The van der Waals surface area contributed by atoms with Crippen molar-refractivity contribution in [2.45, 2.75) is 37.8 Å². The molecule has 2 aliphatic heterocycles. The van der Waals surface area contributed by atoms with E-state index in [2.05, 4.69) is 56.0 Å². The van der Waals surface area contributed by atoms with Gasteiger partial charge in [-0.2, -0.15) is 0 Å². The third-order valence-electron chi connectivity index (χ3n) is 10.4. The van der Waals surface area contributed by atoms with Crippen molar-refractivity contribution in [1.29, 1.82) is 0 Å². The molecule has 2 heterocycles. The van der Waals surface area contributed by atoms with Gasteiger partial charge in [0.05, 0.1) is 26.9 Å². The highest BCUT2D eigenvalue weighted by molar-refractivity contribution is 6.09. The van der Waals surface area contributed by atoms with Crippen molar-refractivity contribution in [2.75, 3.05) is 45.0 Å². The average Bonchev–Trinajstić information content (AvgIpc) is 3.36. The summed E-state index contributed by atoms with van der Waals surface area (Å²) in [6, 6.07) is 27.9. The number of morpholine rings is 1. The van der Waals surface area contributed by atoms with Gasteiger partial charge in [0.15, 0.2) is 5.60 Å². The Morgan fingerprint density at radius 3 is 2.35 bits per heavy atom. The highest BCUT2D eigenvalue weighted by Gasteiger charge is 2.44. The van der Waals surface area contributed by atoms with Crippen LogP contribution in [0.1, 0.15) is 48.6 Å². The van der Waals surface area contributed by atoms with Crippen LogP contribution in [0.4, 0.5) is 10.1 Å². The quantitative estimate of drug-likeness (QED) is 0.190. The number of hydrogen-bond acceptors (Lipinski definition) is 6. The van der Waals surface area contributed by atoms with Crippen LogP contribution in [0.25, 0.3) is 28.0 Å². The van der Waals surface area contributed by atoms with Crippen molar-refractivity contribution in [3.63, 3.8) is 0 Å². The molecule has 250 valence electrons. The van der Waals surface area contributed by atoms with Gasteiger partial charge in [-0.25, -0.2) is 4.39 Å². The van der Waals surface area contributed by atoms with E-state index in [0.717, 1.165) is 73.4 Å². The molecule has 5 aromatic rings. The van der Waals surface area contributed by atoms with Gasteiger partial charge in [-0.3, -0.25) is 0 Å². The summed E-state index contributed by atoms with van der Waals surface area (Å²) in [5.41, 5.74) is 6.82. The summed E-state index contributed by atoms with van der Waals surface area (Å²) in [6.07, 6.45) is 4.34. The Morgan fingerprint density at radius 2 is 1.65 bits per heavy atom. The van der Waals surface area contributed by atoms with E-state index in [-0.39, 0.29) is 25.1 Å². The summed E-state index contributed by atoms with van der Waals surface area (Å²) in [5, 5.41) is 11.4. The molecule has 5 aromatic carbocycles. The fourth-order valence-electron chi connectivity index (χ4n) is 8.01. The molecular formula is C42H40FNO5. The van der Waals surface area contributed by atoms with Crippen LogP contribution >= 0.6 is 0 Å². The number of fused-ring (bicyclic) bond motifs is 8. The molecular weight excluding hydrogens is 617 g/mol. The molecule has 7 heteroatoms. The van der Waals surface area contributed by atoms with E-state index in [4.69, 9.17) is 18.9 Å².